The standard InChI is InChI=1S/C16H23N3O3/c1-21-8-7-17-16(20)15-13-5-3-10-9-11(22-2)4-6-12(10)14(13)18-19-15/h4,6,9,13-15,18-19H,3,5,7-8H2,1-2H3,(H,17,20). The fourth-order valence-electron chi connectivity index (χ4n) is 3.43. The number of amides is 1. The van der Waals surface area contributed by atoms with Crippen LogP contribution in [0.5, 0.6) is 5.75 Å². The molecule has 1 aliphatic heterocycles. The number of hydrazine groups is 1. The molecule has 0 saturated carbocycles. The van der Waals surface area contributed by atoms with E-state index in [9.17, 15) is 4.79 Å². The molecule has 1 aliphatic carbocycles. The maximum Gasteiger partial charge on any atom is 0.238 e. The normalized spacial score (nSPS) is 26.2. The van der Waals surface area contributed by atoms with Crippen molar-refractivity contribution in [3.8, 4) is 5.75 Å². The van der Waals surface area contributed by atoms with Crippen molar-refractivity contribution in [2.45, 2.75) is 24.9 Å². The molecule has 3 N–H and O–H groups in total. The average Bonchev–Trinajstić information content (AvgIpc) is 2.98. The Balaban J connectivity index is 1.71. The van der Waals surface area contributed by atoms with Crippen molar-refractivity contribution in [1.29, 1.82) is 0 Å². The predicted octanol–water partition coefficient (Wildman–Crippen LogP) is 0.538. The summed E-state index contributed by atoms with van der Waals surface area (Å²) in [6.45, 7) is 1.07. The van der Waals surface area contributed by atoms with E-state index in [4.69, 9.17) is 9.47 Å². The summed E-state index contributed by atoms with van der Waals surface area (Å²) in [7, 11) is 3.31. The molecule has 3 atom stereocenters. The minimum Gasteiger partial charge on any atom is -0.497 e. The first-order chi connectivity index (χ1) is 10.7. The number of benzene rings is 1. The fraction of sp³-hybridized carbons (Fsp3) is 0.562. The number of ether oxygens (including phenoxy) is 2. The minimum absolute atomic E-state index is 0.0361. The summed E-state index contributed by atoms with van der Waals surface area (Å²) in [6.07, 6.45) is 1.95. The van der Waals surface area contributed by atoms with Crippen molar-refractivity contribution >= 4 is 5.91 Å². The molecule has 1 saturated heterocycles. The van der Waals surface area contributed by atoms with Crippen LogP contribution in [0.25, 0.3) is 0 Å². The summed E-state index contributed by atoms with van der Waals surface area (Å²) < 4.78 is 10.3. The lowest BCUT2D eigenvalue weighted by Crippen LogP contribution is -2.46. The quantitative estimate of drug-likeness (QED) is 0.693. The SMILES string of the molecule is COCCNC(=O)C1NNC2c3ccc(OC)cc3CCC12. The van der Waals surface area contributed by atoms with Gasteiger partial charge in [0.1, 0.15) is 11.8 Å². The molecule has 0 spiro atoms. The topological polar surface area (TPSA) is 71.6 Å². The highest BCUT2D eigenvalue weighted by molar-refractivity contribution is 5.82. The lowest BCUT2D eigenvalue weighted by molar-refractivity contribution is -0.124. The molecule has 0 aromatic heterocycles. The Morgan fingerprint density at radius 3 is 3.00 bits per heavy atom. The number of carbonyl (C=O) groups excluding carboxylic acids is 1. The number of aryl methyl sites for hydroxylation is 1. The van der Waals surface area contributed by atoms with E-state index >= 15 is 0 Å². The molecule has 1 heterocycles. The number of nitrogens with one attached hydrogen (secondary N) is 3. The number of rotatable bonds is 5. The molecule has 22 heavy (non-hydrogen) atoms. The smallest absolute Gasteiger partial charge is 0.238 e. The highest BCUT2D eigenvalue weighted by atomic mass is 16.5. The second kappa shape index (κ2) is 6.64. The first-order valence-electron chi connectivity index (χ1n) is 7.69. The molecule has 2 aliphatic rings. The van der Waals surface area contributed by atoms with Crippen molar-refractivity contribution in [2.24, 2.45) is 5.92 Å². The highest BCUT2D eigenvalue weighted by Crippen LogP contribution is 2.40. The number of hydrogen-bond acceptors (Lipinski definition) is 5. The highest BCUT2D eigenvalue weighted by Gasteiger charge is 2.43. The third-order valence-corrected chi connectivity index (χ3v) is 4.57. The van der Waals surface area contributed by atoms with E-state index in [1.807, 2.05) is 6.07 Å². The number of methoxy groups -OCH3 is 2. The Kier molecular flexibility index (Phi) is 4.61. The van der Waals surface area contributed by atoms with E-state index in [0.29, 0.717) is 13.2 Å². The average molecular weight is 305 g/mol. The molecule has 1 aromatic carbocycles. The second-order valence-electron chi connectivity index (χ2n) is 5.80. The third-order valence-electron chi connectivity index (χ3n) is 4.57. The lowest BCUT2D eigenvalue weighted by Gasteiger charge is -2.29. The molecule has 6 heteroatoms. The van der Waals surface area contributed by atoms with Gasteiger partial charge in [-0.05, 0) is 36.1 Å². The van der Waals surface area contributed by atoms with Gasteiger partial charge in [0.25, 0.3) is 0 Å². The van der Waals surface area contributed by atoms with E-state index in [0.717, 1.165) is 18.6 Å². The zero-order valence-electron chi connectivity index (χ0n) is 13.0. The third kappa shape index (κ3) is 2.82. The largest absolute Gasteiger partial charge is 0.497 e. The van der Waals surface area contributed by atoms with Crippen molar-refractivity contribution < 1.29 is 14.3 Å². The summed E-state index contributed by atoms with van der Waals surface area (Å²) >= 11 is 0. The van der Waals surface area contributed by atoms with Gasteiger partial charge in [-0.2, -0.15) is 0 Å². The molecule has 1 aromatic rings. The van der Waals surface area contributed by atoms with Crippen LogP contribution in [-0.2, 0) is 16.0 Å². The summed E-state index contributed by atoms with van der Waals surface area (Å²) in [5.41, 5.74) is 9.01. The van der Waals surface area contributed by atoms with Gasteiger partial charge in [0.05, 0.1) is 19.8 Å². The minimum atomic E-state index is -0.197. The molecule has 0 radical (unpaired) electrons. The summed E-state index contributed by atoms with van der Waals surface area (Å²) in [6, 6.07) is 6.16. The van der Waals surface area contributed by atoms with Gasteiger partial charge < -0.3 is 14.8 Å². The van der Waals surface area contributed by atoms with Crippen LogP contribution in [-0.4, -0.2) is 39.3 Å². The van der Waals surface area contributed by atoms with E-state index < -0.39 is 0 Å². The number of fused-ring (bicyclic) bond motifs is 3. The lowest BCUT2D eigenvalue weighted by atomic mass is 9.77. The fourth-order valence-corrected chi connectivity index (χ4v) is 3.43. The van der Waals surface area contributed by atoms with Crippen LogP contribution in [0.1, 0.15) is 23.6 Å². The van der Waals surface area contributed by atoms with Crippen LogP contribution >= 0.6 is 0 Å². The summed E-state index contributed by atoms with van der Waals surface area (Å²) in [5.74, 6) is 1.19. The summed E-state index contributed by atoms with van der Waals surface area (Å²) in [5, 5.41) is 2.91. The van der Waals surface area contributed by atoms with E-state index in [-0.39, 0.29) is 23.9 Å². The maximum atomic E-state index is 12.3. The summed E-state index contributed by atoms with van der Waals surface area (Å²) in [4.78, 5) is 12.3. The Morgan fingerprint density at radius 1 is 1.36 bits per heavy atom. The van der Waals surface area contributed by atoms with Crippen molar-refractivity contribution in [3.05, 3.63) is 29.3 Å². The van der Waals surface area contributed by atoms with Gasteiger partial charge >= 0.3 is 0 Å². The van der Waals surface area contributed by atoms with Crippen molar-refractivity contribution in [3.63, 3.8) is 0 Å². The second-order valence-corrected chi connectivity index (χ2v) is 5.80. The van der Waals surface area contributed by atoms with Crippen LogP contribution in [0.3, 0.4) is 0 Å². The van der Waals surface area contributed by atoms with E-state index in [1.54, 1.807) is 14.2 Å². The number of hydrogen-bond donors (Lipinski definition) is 3. The first-order valence-corrected chi connectivity index (χ1v) is 7.69. The van der Waals surface area contributed by atoms with Gasteiger partial charge in [-0.25, -0.2) is 10.9 Å². The monoisotopic (exact) mass is 305 g/mol. The molecule has 120 valence electrons. The number of carbonyl (C=O) groups is 1. The van der Waals surface area contributed by atoms with Gasteiger partial charge in [0.15, 0.2) is 0 Å². The Hall–Kier alpha value is -1.63. The Bertz CT molecular complexity index is 549. The molecule has 1 fully saturated rings. The van der Waals surface area contributed by atoms with Gasteiger partial charge in [-0.15, -0.1) is 0 Å². The first kappa shape index (κ1) is 15.3. The zero-order valence-corrected chi connectivity index (χ0v) is 13.0. The molecule has 3 unspecified atom stereocenters. The van der Waals surface area contributed by atoms with Crippen LogP contribution < -0.4 is 20.9 Å². The van der Waals surface area contributed by atoms with E-state index in [1.165, 1.54) is 11.1 Å². The Morgan fingerprint density at radius 2 is 2.23 bits per heavy atom. The molecule has 0 bridgehead atoms. The van der Waals surface area contributed by atoms with Gasteiger partial charge in [0, 0.05) is 19.6 Å². The van der Waals surface area contributed by atoms with Crippen LogP contribution in [0, 0.1) is 5.92 Å². The molecular formula is C16H23N3O3. The zero-order chi connectivity index (χ0) is 15.5. The predicted molar refractivity (Wildman–Crippen MR) is 82.5 cm³/mol. The molecule has 3 rings (SSSR count). The van der Waals surface area contributed by atoms with Gasteiger partial charge in [-0.3, -0.25) is 4.79 Å². The van der Waals surface area contributed by atoms with Crippen molar-refractivity contribution in [2.75, 3.05) is 27.4 Å². The molecule has 6 nitrogen and oxygen atoms in total. The molecular weight excluding hydrogens is 282 g/mol. The van der Waals surface area contributed by atoms with Crippen molar-refractivity contribution in [1.82, 2.24) is 16.2 Å². The van der Waals surface area contributed by atoms with E-state index in [2.05, 4.69) is 28.3 Å². The van der Waals surface area contributed by atoms with Crippen LogP contribution in [0.2, 0.25) is 0 Å². The Labute approximate surface area is 130 Å². The van der Waals surface area contributed by atoms with Crippen LogP contribution in [0.15, 0.2) is 18.2 Å². The van der Waals surface area contributed by atoms with Gasteiger partial charge in [-0.1, -0.05) is 6.07 Å². The van der Waals surface area contributed by atoms with Crippen LogP contribution in [0.4, 0.5) is 0 Å². The van der Waals surface area contributed by atoms with Gasteiger partial charge in [0.2, 0.25) is 5.91 Å². The maximum absolute atomic E-state index is 12.3. The molecule has 1 amide bonds.